The van der Waals surface area contributed by atoms with Crippen LogP contribution in [0, 0.1) is 0 Å². The number of aliphatic imine (C=N–C) groups is 1. The molecule has 22 heavy (non-hydrogen) atoms. The van der Waals surface area contributed by atoms with Crippen molar-refractivity contribution < 1.29 is 4.21 Å². The molecule has 2 N–H and O–H groups in total. The third kappa shape index (κ3) is 6.64. The van der Waals surface area contributed by atoms with Crippen molar-refractivity contribution in [1.82, 2.24) is 10.6 Å². The summed E-state index contributed by atoms with van der Waals surface area (Å²) in [6.45, 7) is 0.661. The van der Waals surface area contributed by atoms with Crippen molar-refractivity contribution in [3.05, 3.63) is 30.3 Å². The lowest BCUT2D eigenvalue weighted by Gasteiger charge is -2.24. The van der Waals surface area contributed by atoms with Crippen LogP contribution in [-0.4, -0.2) is 35.6 Å². The van der Waals surface area contributed by atoms with Gasteiger partial charge in [0.05, 0.1) is 10.8 Å². The van der Waals surface area contributed by atoms with Crippen molar-refractivity contribution in [2.24, 2.45) is 4.99 Å². The zero-order valence-corrected chi connectivity index (χ0v) is 16.2. The third-order valence-corrected chi connectivity index (χ3v) is 5.13. The van der Waals surface area contributed by atoms with Crippen LogP contribution >= 0.6 is 24.0 Å². The van der Waals surface area contributed by atoms with Crippen molar-refractivity contribution in [3.63, 3.8) is 0 Å². The summed E-state index contributed by atoms with van der Waals surface area (Å²) in [6, 6.07) is 10.1. The van der Waals surface area contributed by atoms with E-state index in [1.165, 1.54) is 32.1 Å². The first-order valence-electron chi connectivity index (χ1n) is 7.70. The molecule has 0 spiro atoms. The molecule has 1 atom stereocenters. The minimum atomic E-state index is -0.954. The Balaban J connectivity index is 0.00000242. The Kier molecular flexibility index (Phi) is 9.70. The molecule has 0 amide bonds. The molecule has 0 aliphatic heterocycles. The predicted octanol–water partition coefficient (Wildman–Crippen LogP) is 2.91. The quantitative estimate of drug-likeness (QED) is 0.425. The predicted molar refractivity (Wildman–Crippen MR) is 105 cm³/mol. The van der Waals surface area contributed by atoms with Gasteiger partial charge in [-0.1, -0.05) is 37.5 Å². The van der Waals surface area contributed by atoms with Gasteiger partial charge in [-0.15, -0.1) is 24.0 Å². The smallest absolute Gasteiger partial charge is 0.191 e. The minimum absolute atomic E-state index is 0. The van der Waals surface area contributed by atoms with E-state index in [1.54, 1.807) is 7.05 Å². The molecule has 0 aromatic heterocycles. The summed E-state index contributed by atoms with van der Waals surface area (Å²) in [6.07, 6.45) is 6.38. The van der Waals surface area contributed by atoms with Crippen LogP contribution in [0.5, 0.6) is 0 Å². The molecule has 4 nitrogen and oxygen atoms in total. The number of nitrogens with zero attached hydrogens (tertiary/aromatic N) is 1. The first-order valence-corrected chi connectivity index (χ1v) is 9.02. The number of halogens is 1. The highest BCUT2D eigenvalue weighted by molar-refractivity contribution is 14.0. The number of benzene rings is 1. The highest BCUT2D eigenvalue weighted by Gasteiger charge is 2.14. The largest absolute Gasteiger partial charge is 0.355 e. The van der Waals surface area contributed by atoms with Gasteiger partial charge < -0.3 is 10.6 Å². The molecule has 2 rings (SSSR count). The standard InChI is InChI=1S/C16H25N3OS.HI/c1-17-16(19-14-8-4-2-5-9-14)18-12-13-21(20)15-10-6-3-7-11-15;/h3,6-7,10-11,14H,2,4-5,8-9,12-13H2,1H3,(H2,17,18,19);1H. The topological polar surface area (TPSA) is 53.5 Å². The Hall–Kier alpha value is -0.630. The average Bonchev–Trinajstić information content (AvgIpc) is 2.55. The van der Waals surface area contributed by atoms with E-state index >= 15 is 0 Å². The van der Waals surface area contributed by atoms with Crippen LogP contribution in [-0.2, 0) is 10.8 Å². The van der Waals surface area contributed by atoms with Gasteiger partial charge in [0, 0.05) is 30.3 Å². The average molecular weight is 435 g/mol. The molecule has 1 aromatic carbocycles. The van der Waals surface area contributed by atoms with E-state index < -0.39 is 10.8 Å². The summed E-state index contributed by atoms with van der Waals surface area (Å²) >= 11 is 0. The fourth-order valence-corrected chi connectivity index (χ4v) is 3.57. The van der Waals surface area contributed by atoms with Crippen LogP contribution in [0.25, 0.3) is 0 Å². The summed E-state index contributed by atoms with van der Waals surface area (Å²) in [5, 5.41) is 6.72. The maximum Gasteiger partial charge on any atom is 0.191 e. The molecular formula is C16H26IN3OS. The zero-order valence-electron chi connectivity index (χ0n) is 13.1. The lowest BCUT2D eigenvalue weighted by Crippen LogP contribution is -2.45. The first-order chi connectivity index (χ1) is 10.3. The van der Waals surface area contributed by atoms with E-state index in [0.717, 1.165) is 10.9 Å². The van der Waals surface area contributed by atoms with Gasteiger partial charge in [-0.2, -0.15) is 0 Å². The van der Waals surface area contributed by atoms with Crippen molar-refractivity contribution in [2.45, 2.75) is 43.0 Å². The second-order valence-electron chi connectivity index (χ2n) is 5.34. The molecule has 1 aliphatic carbocycles. The normalized spacial score (nSPS) is 17.4. The van der Waals surface area contributed by atoms with Crippen LogP contribution < -0.4 is 10.6 Å². The molecule has 6 heteroatoms. The van der Waals surface area contributed by atoms with Crippen molar-refractivity contribution >= 4 is 40.7 Å². The van der Waals surface area contributed by atoms with Gasteiger partial charge in [-0.25, -0.2) is 0 Å². The van der Waals surface area contributed by atoms with Gasteiger partial charge in [0.1, 0.15) is 0 Å². The van der Waals surface area contributed by atoms with Crippen molar-refractivity contribution in [3.8, 4) is 0 Å². The molecule has 1 saturated carbocycles. The second kappa shape index (κ2) is 11.0. The highest BCUT2D eigenvalue weighted by atomic mass is 127. The van der Waals surface area contributed by atoms with Gasteiger partial charge in [0.25, 0.3) is 0 Å². The van der Waals surface area contributed by atoms with Crippen LogP contribution in [0.2, 0.25) is 0 Å². The molecule has 0 saturated heterocycles. The Morgan fingerprint density at radius 2 is 1.91 bits per heavy atom. The van der Waals surface area contributed by atoms with Gasteiger partial charge in [-0.3, -0.25) is 9.20 Å². The van der Waals surface area contributed by atoms with Crippen molar-refractivity contribution in [1.29, 1.82) is 0 Å². The Labute approximate surface area is 153 Å². The fourth-order valence-electron chi connectivity index (χ4n) is 2.59. The lowest BCUT2D eigenvalue weighted by molar-refractivity contribution is 0.410. The monoisotopic (exact) mass is 435 g/mol. The van der Waals surface area contributed by atoms with Gasteiger partial charge in [0.2, 0.25) is 0 Å². The fraction of sp³-hybridized carbons (Fsp3) is 0.562. The molecule has 1 fully saturated rings. The number of guanidine groups is 1. The third-order valence-electron chi connectivity index (χ3n) is 3.76. The molecule has 0 heterocycles. The van der Waals surface area contributed by atoms with Crippen LogP contribution in [0.15, 0.2) is 40.2 Å². The second-order valence-corrected chi connectivity index (χ2v) is 6.91. The van der Waals surface area contributed by atoms with E-state index in [-0.39, 0.29) is 24.0 Å². The molecule has 124 valence electrons. The lowest BCUT2D eigenvalue weighted by atomic mass is 9.96. The number of nitrogens with one attached hydrogen (secondary N) is 2. The molecule has 1 unspecified atom stereocenters. The summed E-state index contributed by atoms with van der Waals surface area (Å²) in [4.78, 5) is 5.13. The van der Waals surface area contributed by atoms with Crippen LogP contribution in [0.4, 0.5) is 0 Å². The molecule has 1 aromatic rings. The summed E-state index contributed by atoms with van der Waals surface area (Å²) in [7, 11) is 0.830. The molecular weight excluding hydrogens is 409 g/mol. The van der Waals surface area contributed by atoms with Crippen LogP contribution in [0.1, 0.15) is 32.1 Å². The zero-order chi connectivity index (χ0) is 14.9. The Morgan fingerprint density at radius 1 is 1.23 bits per heavy atom. The van der Waals surface area contributed by atoms with Gasteiger partial charge >= 0.3 is 0 Å². The maximum absolute atomic E-state index is 12.1. The molecule has 0 radical (unpaired) electrons. The number of hydrogen-bond donors (Lipinski definition) is 2. The van der Waals surface area contributed by atoms with E-state index in [4.69, 9.17) is 0 Å². The number of rotatable bonds is 5. The molecule has 0 bridgehead atoms. The van der Waals surface area contributed by atoms with Crippen molar-refractivity contribution in [2.75, 3.05) is 19.3 Å². The van der Waals surface area contributed by atoms with E-state index in [2.05, 4.69) is 15.6 Å². The van der Waals surface area contributed by atoms with E-state index in [1.807, 2.05) is 30.3 Å². The minimum Gasteiger partial charge on any atom is -0.355 e. The first kappa shape index (κ1) is 19.4. The maximum atomic E-state index is 12.1. The summed E-state index contributed by atoms with van der Waals surface area (Å²) in [5.74, 6) is 1.42. The van der Waals surface area contributed by atoms with Gasteiger partial charge in [0.15, 0.2) is 5.96 Å². The molecule has 1 aliphatic rings. The summed E-state index contributed by atoms with van der Waals surface area (Å²) in [5.41, 5.74) is 0. The van der Waals surface area contributed by atoms with E-state index in [0.29, 0.717) is 18.3 Å². The Morgan fingerprint density at radius 3 is 2.55 bits per heavy atom. The highest BCUT2D eigenvalue weighted by Crippen LogP contribution is 2.17. The van der Waals surface area contributed by atoms with E-state index in [9.17, 15) is 4.21 Å². The van der Waals surface area contributed by atoms with Crippen LogP contribution in [0.3, 0.4) is 0 Å². The number of hydrogen-bond acceptors (Lipinski definition) is 2. The Bertz CT molecular complexity index is 476. The SMILES string of the molecule is CN=C(NCCS(=O)c1ccccc1)NC1CCCCC1.I. The summed E-state index contributed by atoms with van der Waals surface area (Å²) < 4.78 is 12.1. The van der Waals surface area contributed by atoms with Gasteiger partial charge in [-0.05, 0) is 25.0 Å².